The maximum absolute atomic E-state index is 5.98. The summed E-state index contributed by atoms with van der Waals surface area (Å²) < 4.78 is 10.0. The zero-order valence-corrected chi connectivity index (χ0v) is 11.4. The van der Waals surface area contributed by atoms with Crippen LogP contribution in [0.1, 0.15) is 25.7 Å². The normalized spacial score (nSPS) is 22.9. The van der Waals surface area contributed by atoms with E-state index < -0.39 is 0 Å². The highest BCUT2D eigenvalue weighted by Gasteiger charge is 2.19. The Morgan fingerprint density at radius 1 is 1.16 bits per heavy atom. The van der Waals surface area contributed by atoms with E-state index in [4.69, 9.17) is 15.2 Å². The van der Waals surface area contributed by atoms with Crippen LogP contribution in [0.5, 0.6) is 12.0 Å². The van der Waals surface area contributed by atoms with Gasteiger partial charge in [-0.15, -0.1) is 4.98 Å². The van der Waals surface area contributed by atoms with E-state index >= 15 is 0 Å². The molecular formula is C12H21N5O2. The lowest BCUT2D eigenvalue weighted by atomic mass is 9.86. The largest absolute Gasteiger partial charge is 0.467 e. The van der Waals surface area contributed by atoms with Crippen molar-refractivity contribution in [2.75, 3.05) is 26.1 Å². The molecule has 0 aliphatic heterocycles. The van der Waals surface area contributed by atoms with Crippen molar-refractivity contribution in [3.8, 4) is 12.0 Å². The Kier molecular flexibility index (Phi) is 4.73. The predicted molar refractivity (Wildman–Crippen MR) is 71.4 cm³/mol. The first-order chi connectivity index (χ1) is 9.21. The number of hydrogen-bond donors (Lipinski definition) is 2. The monoisotopic (exact) mass is 267 g/mol. The number of nitrogens with one attached hydrogen (secondary N) is 1. The minimum absolute atomic E-state index is 0.245. The van der Waals surface area contributed by atoms with Crippen LogP contribution in [-0.4, -0.2) is 41.8 Å². The number of anilines is 1. The Bertz CT molecular complexity index is 393. The van der Waals surface area contributed by atoms with Crippen molar-refractivity contribution in [1.82, 2.24) is 15.0 Å². The van der Waals surface area contributed by atoms with Crippen molar-refractivity contribution in [3.05, 3.63) is 0 Å². The highest BCUT2D eigenvalue weighted by atomic mass is 16.5. The molecule has 0 bridgehead atoms. The molecule has 1 heterocycles. The van der Waals surface area contributed by atoms with Gasteiger partial charge in [-0.3, -0.25) is 0 Å². The molecule has 1 aliphatic carbocycles. The Morgan fingerprint density at radius 3 is 2.42 bits per heavy atom. The third kappa shape index (κ3) is 3.92. The number of methoxy groups -OCH3 is 2. The molecule has 0 amide bonds. The van der Waals surface area contributed by atoms with Gasteiger partial charge in [-0.1, -0.05) is 6.42 Å². The molecule has 0 aromatic carbocycles. The topological polar surface area (TPSA) is 95.2 Å². The lowest BCUT2D eigenvalue weighted by molar-refractivity contribution is 0.331. The smallest absolute Gasteiger partial charge is 0.324 e. The minimum Gasteiger partial charge on any atom is -0.467 e. The van der Waals surface area contributed by atoms with Gasteiger partial charge in [0.25, 0.3) is 0 Å². The standard InChI is InChI=1S/C12H21N5O2/c1-18-11-15-10(16-12(17-11)19-2)14-7-8-4-3-5-9(13)6-8/h8-9H,3-7,13H2,1-2H3,(H,14,15,16,17). The van der Waals surface area contributed by atoms with E-state index in [9.17, 15) is 0 Å². The summed E-state index contributed by atoms with van der Waals surface area (Å²) in [6.07, 6.45) is 4.56. The van der Waals surface area contributed by atoms with Gasteiger partial charge in [0.1, 0.15) is 0 Å². The van der Waals surface area contributed by atoms with Gasteiger partial charge in [0.2, 0.25) is 5.95 Å². The molecule has 1 fully saturated rings. The summed E-state index contributed by atoms with van der Waals surface area (Å²) >= 11 is 0. The van der Waals surface area contributed by atoms with E-state index in [1.165, 1.54) is 27.1 Å². The van der Waals surface area contributed by atoms with Gasteiger partial charge < -0.3 is 20.5 Å². The summed E-state index contributed by atoms with van der Waals surface area (Å²) in [6.45, 7) is 0.810. The van der Waals surface area contributed by atoms with Crippen LogP contribution in [0.3, 0.4) is 0 Å². The lowest BCUT2D eigenvalue weighted by Gasteiger charge is -2.26. The van der Waals surface area contributed by atoms with Gasteiger partial charge in [-0.25, -0.2) is 0 Å². The average molecular weight is 267 g/mol. The summed E-state index contributed by atoms with van der Waals surface area (Å²) in [5.74, 6) is 1.04. The van der Waals surface area contributed by atoms with E-state index in [0.717, 1.165) is 19.4 Å². The number of ether oxygens (including phenoxy) is 2. The first-order valence-electron chi connectivity index (χ1n) is 6.54. The summed E-state index contributed by atoms with van der Waals surface area (Å²) in [7, 11) is 3.03. The molecule has 7 heteroatoms. The van der Waals surface area contributed by atoms with E-state index in [2.05, 4.69) is 20.3 Å². The Hall–Kier alpha value is -1.63. The molecule has 106 valence electrons. The van der Waals surface area contributed by atoms with Gasteiger partial charge in [-0.05, 0) is 25.2 Å². The maximum atomic E-state index is 5.98. The second-order valence-electron chi connectivity index (χ2n) is 4.81. The van der Waals surface area contributed by atoms with E-state index in [1.54, 1.807) is 0 Å². The molecule has 1 saturated carbocycles. The van der Waals surface area contributed by atoms with Crippen molar-refractivity contribution in [2.24, 2.45) is 11.7 Å². The first-order valence-corrected chi connectivity index (χ1v) is 6.54. The Balaban J connectivity index is 1.94. The van der Waals surface area contributed by atoms with Crippen molar-refractivity contribution in [1.29, 1.82) is 0 Å². The molecule has 3 N–H and O–H groups in total. The Morgan fingerprint density at radius 2 is 1.84 bits per heavy atom. The Labute approximate surface area is 112 Å². The third-order valence-electron chi connectivity index (χ3n) is 3.33. The molecule has 2 unspecified atom stereocenters. The summed E-state index contributed by atoms with van der Waals surface area (Å²) in [5, 5.41) is 3.21. The number of hydrogen-bond acceptors (Lipinski definition) is 7. The van der Waals surface area contributed by atoms with E-state index in [0.29, 0.717) is 17.9 Å². The average Bonchev–Trinajstić information content (AvgIpc) is 2.44. The molecule has 7 nitrogen and oxygen atoms in total. The van der Waals surface area contributed by atoms with E-state index in [-0.39, 0.29) is 12.0 Å². The predicted octanol–water partition coefficient (Wildman–Crippen LogP) is 0.818. The fourth-order valence-electron chi connectivity index (χ4n) is 2.35. The fraction of sp³-hybridized carbons (Fsp3) is 0.750. The fourth-order valence-corrected chi connectivity index (χ4v) is 2.35. The van der Waals surface area contributed by atoms with E-state index in [1.807, 2.05) is 0 Å². The van der Waals surface area contributed by atoms with Gasteiger partial charge in [0.05, 0.1) is 14.2 Å². The molecule has 0 saturated heterocycles. The number of nitrogens with zero attached hydrogens (tertiary/aromatic N) is 3. The van der Waals surface area contributed by atoms with Gasteiger partial charge >= 0.3 is 12.0 Å². The summed E-state index contributed by atoms with van der Waals surface area (Å²) in [6, 6.07) is 0.812. The molecule has 1 aromatic heterocycles. The van der Waals surface area contributed by atoms with Gasteiger partial charge in [-0.2, -0.15) is 9.97 Å². The van der Waals surface area contributed by atoms with Crippen LogP contribution in [-0.2, 0) is 0 Å². The highest BCUT2D eigenvalue weighted by Crippen LogP contribution is 2.23. The zero-order chi connectivity index (χ0) is 13.7. The molecule has 19 heavy (non-hydrogen) atoms. The number of aromatic nitrogens is 3. The third-order valence-corrected chi connectivity index (χ3v) is 3.33. The van der Waals surface area contributed by atoms with Crippen LogP contribution in [0.2, 0.25) is 0 Å². The molecule has 2 rings (SSSR count). The zero-order valence-electron chi connectivity index (χ0n) is 11.4. The summed E-state index contributed by atoms with van der Waals surface area (Å²) in [4.78, 5) is 12.2. The number of nitrogens with two attached hydrogens (primary N) is 1. The quantitative estimate of drug-likeness (QED) is 0.815. The molecule has 1 aromatic rings. The molecule has 0 radical (unpaired) electrons. The molecule has 2 atom stereocenters. The second-order valence-corrected chi connectivity index (χ2v) is 4.81. The molecule has 1 aliphatic rings. The van der Waals surface area contributed by atoms with Crippen molar-refractivity contribution >= 4 is 5.95 Å². The van der Waals surface area contributed by atoms with Crippen LogP contribution in [0.15, 0.2) is 0 Å². The van der Waals surface area contributed by atoms with Crippen LogP contribution < -0.4 is 20.5 Å². The SMILES string of the molecule is COc1nc(NCC2CCCC(N)C2)nc(OC)n1. The van der Waals surface area contributed by atoms with Crippen LogP contribution in [0, 0.1) is 5.92 Å². The van der Waals surface area contributed by atoms with Crippen molar-refractivity contribution in [3.63, 3.8) is 0 Å². The van der Waals surface area contributed by atoms with Crippen molar-refractivity contribution in [2.45, 2.75) is 31.7 Å². The van der Waals surface area contributed by atoms with Crippen LogP contribution in [0.4, 0.5) is 5.95 Å². The maximum Gasteiger partial charge on any atom is 0.324 e. The van der Waals surface area contributed by atoms with Crippen LogP contribution >= 0.6 is 0 Å². The van der Waals surface area contributed by atoms with Crippen molar-refractivity contribution < 1.29 is 9.47 Å². The molecular weight excluding hydrogens is 246 g/mol. The molecule has 0 spiro atoms. The first kappa shape index (κ1) is 13.8. The van der Waals surface area contributed by atoms with Crippen LogP contribution in [0.25, 0.3) is 0 Å². The highest BCUT2D eigenvalue weighted by molar-refractivity contribution is 5.27. The second kappa shape index (κ2) is 6.51. The van der Waals surface area contributed by atoms with Gasteiger partial charge in [0.15, 0.2) is 0 Å². The van der Waals surface area contributed by atoms with Gasteiger partial charge in [0, 0.05) is 12.6 Å². The number of rotatable bonds is 5. The lowest BCUT2D eigenvalue weighted by Crippen LogP contribution is -2.31. The summed E-state index contributed by atoms with van der Waals surface area (Å²) in [5.41, 5.74) is 5.98. The minimum atomic E-state index is 0.245.